The molecule has 0 aromatic heterocycles. The SMILES string of the molecule is NC(=O)C(N)CCC1CCCC1. The van der Waals surface area contributed by atoms with Gasteiger partial charge in [-0.3, -0.25) is 4.79 Å². The molecule has 1 unspecified atom stereocenters. The summed E-state index contributed by atoms with van der Waals surface area (Å²) in [6, 6.07) is -0.425. The third-order valence-electron chi connectivity index (χ3n) is 2.73. The molecule has 0 saturated heterocycles. The zero-order chi connectivity index (χ0) is 8.97. The molecule has 1 fully saturated rings. The van der Waals surface area contributed by atoms with Crippen molar-refractivity contribution in [2.75, 3.05) is 0 Å². The molecule has 70 valence electrons. The molecule has 1 aliphatic rings. The summed E-state index contributed by atoms with van der Waals surface area (Å²) in [6.45, 7) is 0. The van der Waals surface area contributed by atoms with Crippen LogP contribution in [0.2, 0.25) is 0 Å². The highest BCUT2D eigenvalue weighted by atomic mass is 16.1. The lowest BCUT2D eigenvalue weighted by Crippen LogP contribution is -2.36. The second-order valence-electron chi connectivity index (χ2n) is 3.74. The van der Waals surface area contributed by atoms with Gasteiger partial charge in [0.25, 0.3) is 0 Å². The van der Waals surface area contributed by atoms with Crippen molar-refractivity contribution in [3.63, 3.8) is 0 Å². The molecule has 0 bridgehead atoms. The Kier molecular flexibility index (Phi) is 3.53. The smallest absolute Gasteiger partial charge is 0.234 e. The molecule has 1 atom stereocenters. The third-order valence-corrected chi connectivity index (χ3v) is 2.73. The largest absolute Gasteiger partial charge is 0.368 e. The number of hydrogen-bond acceptors (Lipinski definition) is 2. The number of carbonyl (C=O) groups is 1. The monoisotopic (exact) mass is 170 g/mol. The average Bonchev–Trinajstić information content (AvgIpc) is 2.51. The minimum Gasteiger partial charge on any atom is -0.368 e. The van der Waals surface area contributed by atoms with Gasteiger partial charge < -0.3 is 11.5 Å². The lowest BCUT2D eigenvalue weighted by atomic mass is 9.99. The van der Waals surface area contributed by atoms with Crippen LogP contribution in [0.4, 0.5) is 0 Å². The van der Waals surface area contributed by atoms with Crippen LogP contribution in [0.25, 0.3) is 0 Å². The lowest BCUT2D eigenvalue weighted by Gasteiger charge is -2.11. The molecule has 0 aromatic rings. The van der Waals surface area contributed by atoms with Crippen molar-refractivity contribution >= 4 is 5.91 Å². The zero-order valence-electron chi connectivity index (χ0n) is 7.46. The third kappa shape index (κ3) is 2.81. The Morgan fingerprint density at radius 2 is 2.00 bits per heavy atom. The number of rotatable bonds is 4. The van der Waals surface area contributed by atoms with E-state index in [1.807, 2.05) is 0 Å². The van der Waals surface area contributed by atoms with Gasteiger partial charge in [-0.05, 0) is 18.8 Å². The van der Waals surface area contributed by atoms with Crippen molar-refractivity contribution in [1.82, 2.24) is 0 Å². The Balaban J connectivity index is 2.11. The summed E-state index contributed by atoms with van der Waals surface area (Å²) in [5.74, 6) is 0.434. The molecule has 0 aromatic carbocycles. The zero-order valence-corrected chi connectivity index (χ0v) is 7.46. The molecule has 1 aliphatic carbocycles. The van der Waals surface area contributed by atoms with E-state index in [9.17, 15) is 4.79 Å². The van der Waals surface area contributed by atoms with Gasteiger partial charge in [0.05, 0.1) is 6.04 Å². The maximum Gasteiger partial charge on any atom is 0.234 e. The van der Waals surface area contributed by atoms with E-state index in [0.717, 1.165) is 18.8 Å². The highest BCUT2D eigenvalue weighted by Gasteiger charge is 2.17. The number of amides is 1. The predicted octanol–water partition coefficient (Wildman–Crippen LogP) is 0.769. The van der Waals surface area contributed by atoms with Crippen molar-refractivity contribution < 1.29 is 4.79 Å². The van der Waals surface area contributed by atoms with Crippen LogP contribution in [0.15, 0.2) is 0 Å². The molecule has 1 rings (SSSR count). The lowest BCUT2D eigenvalue weighted by molar-refractivity contribution is -0.119. The highest BCUT2D eigenvalue weighted by Crippen LogP contribution is 2.28. The molecule has 1 saturated carbocycles. The van der Waals surface area contributed by atoms with Gasteiger partial charge in [-0.15, -0.1) is 0 Å². The Hall–Kier alpha value is -0.570. The molecule has 1 amide bonds. The van der Waals surface area contributed by atoms with Gasteiger partial charge in [0.1, 0.15) is 0 Å². The molecule has 0 spiro atoms. The maximum absolute atomic E-state index is 10.6. The summed E-state index contributed by atoms with van der Waals surface area (Å²) in [6.07, 6.45) is 7.15. The molecule has 0 heterocycles. The van der Waals surface area contributed by atoms with E-state index in [4.69, 9.17) is 11.5 Å². The first-order chi connectivity index (χ1) is 5.70. The van der Waals surface area contributed by atoms with Gasteiger partial charge in [0, 0.05) is 0 Å². The number of carbonyl (C=O) groups excluding carboxylic acids is 1. The van der Waals surface area contributed by atoms with Gasteiger partial charge in [-0.1, -0.05) is 25.7 Å². The van der Waals surface area contributed by atoms with Crippen LogP contribution in [0, 0.1) is 5.92 Å². The Labute approximate surface area is 73.5 Å². The molecule has 4 N–H and O–H groups in total. The molecule has 0 aliphatic heterocycles. The average molecular weight is 170 g/mol. The van der Waals surface area contributed by atoms with E-state index < -0.39 is 6.04 Å². The molecular weight excluding hydrogens is 152 g/mol. The molecule has 3 heteroatoms. The topological polar surface area (TPSA) is 69.1 Å². The van der Waals surface area contributed by atoms with Crippen LogP contribution in [0.1, 0.15) is 38.5 Å². The van der Waals surface area contributed by atoms with Crippen LogP contribution in [0.3, 0.4) is 0 Å². The number of nitrogens with two attached hydrogens (primary N) is 2. The van der Waals surface area contributed by atoms with Crippen molar-refractivity contribution in [2.24, 2.45) is 17.4 Å². The first kappa shape index (κ1) is 9.52. The summed E-state index contributed by atoms with van der Waals surface area (Å²) in [5.41, 5.74) is 10.6. The summed E-state index contributed by atoms with van der Waals surface area (Å²) in [5, 5.41) is 0. The van der Waals surface area contributed by atoms with E-state index in [2.05, 4.69) is 0 Å². The van der Waals surface area contributed by atoms with Crippen molar-refractivity contribution in [3.05, 3.63) is 0 Å². The van der Waals surface area contributed by atoms with E-state index in [1.54, 1.807) is 0 Å². The Morgan fingerprint density at radius 3 is 2.50 bits per heavy atom. The van der Waals surface area contributed by atoms with Crippen LogP contribution in [0.5, 0.6) is 0 Å². The van der Waals surface area contributed by atoms with Crippen molar-refractivity contribution in [1.29, 1.82) is 0 Å². The molecule has 12 heavy (non-hydrogen) atoms. The van der Waals surface area contributed by atoms with Crippen molar-refractivity contribution in [3.8, 4) is 0 Å². The number of primary amides is 1. The second kappa shape index (κ2) is 4.45. The van der Waals surface area contributed by atoms with Crippen LogP contribution in [-0.4, -0.2) is 11.9 Å². The van der Waals surface area contributed by atoms with Crippen LogP contribution in [-0.2, 0) is 4.79 Å². The summed E-state index contributed by atoms with van der Waals surface area (Å²) in [4.78, 5) is 10.6. The maximum atomic E-state index is 10.6. The minimum atomic E-state index is -0.425. The second-order valence-corrected chi connectivity index (χ2v) is 3.74. The van der Waals surface area contributed by atoms with Crippen LogP contribution < -0.4 is 11.5 Å². The Bertz CT molecular complexity index is 153. The van der Waals surface area contributed by atoms with Gasteiger partial charge in [-0.2, -0.15) is 0 Å². The van der Waals surface area contributed by atoms with E-state index in [-0.39, 0.29) is 5.91 Å². The minimum absolute atomic E-state index is 0.368. The summed E-state index contributed by atoms with van der Waals surface area (Å²) in [7, 11) is 0. The first-order valence-corrected chi connectivity index (χ1v) is 4.75. The first-order valence-electron chi connectivity index (χ1n) is 4.75. The van der Waals surface area contributed by atoms with E-state index in [1.165, 1.54) is 25.7 Å². The summed E-state index contributed by atoms with van der Waals surface area (Å²) >= 11 is 0. The fraction of sp³-hybridized carbons (Fsp3) is 0.889. The van der Waals surface area contributed by atoms with Gasteiger partial charge >= 0.3 is 0 Å². The quantitative estimate of drug-likeness (QED) is 0.654. The summed E-state index contributed by atoms with van der Waals surface area (Å²) < 4.78 is 0. The van der Waals surface area contributed by atoms with Crippen molar-refractivity contribution in [2.45, 2.75) is 44.6 Å². The van der Waals surface area contributed by atoms with E-state index in [0.29, 0.717) is 0 Å². The predicted molar refractivity (Wildman–Crippen MR) is 48.4 cm³/mol. The highest BCUT2D eigenvalue weighted by molar-refractivity contribution is 5.79. The Morgan fingerprint density at radius 1 is 1.42 bits per heavy atom. The fourth-order valence-electron chi connectivity index (χ4n) is 1.86. The molecule has 0 radical (unpaired) electrons. The molecular formula is C9H18N2O. The van der Waals surface area contributed by atoms with Gasteiger partial charge in [0.15, 0.2) is 0 Å². The normalized spacial score (nSPS) is 21.1. The van der Waals surface area contributed by atoms with Crippen LogP contribution >= 0.6 is 0 Å². The molecule has 3 nitrogen and oxygen atoms in total. The van der Waals surface area contributed by atoms with Gasteiger partial charge in [0.2, 0.25) is 5.91 Å². The van der Waals surface area contributed by atoms with E-state index >= 15 is 0 Å². The standard InChI is InChI=1S/C9H18N2O/c10-8(9(11)12)6-5-7-3-1-2-4-7/h7-8H,1-6,10H2,(H2,11,12). The number of hydrogen-bond donors (Lipinski definition) is 2. The van der Waals surface area contributed by atoms with Gasteiger partial charge in [-0.25, -0.2) is 0 Å². The fourth-order valence-corrected chi connectivity index (χ4v) is 1.86.